The van der Waals surface area contributed by atoms with Crippen molar-refractivity contribution in [1.82, 2.24) is 14.4 Å². The van der Waals surface area contributed by atoms with Crippen molar-refractivity contribution in [2.24, 2.45) is 5.73 Å². The van der Waals surface area contributed by atoms with Crippen molar-refractivity contribution >= 4 is 23.1 Å². The van der Waals surface area contributed by atoms with Gasteiger partial charge in [-0.25, -0.2) is 9.97 Å². The molecule has 0 saturated heterocycles. The quantitative estimate of drug-likeness (QED) is 0.486. The Kier molecular flexibility index (Phi) is 5.46. The molecule has 3 N–H and O–H groups in total. The molecule has 0 spiro atoms. The average molecular weight is 441 g/mol. The number of anilines is 2. The minimum Gasteiger partial charge on any atom is -0.366 e. The first kappa shape index (κ1) is 21.0. The van der Waals surface area contributed by atoms with E-state index in [4.69, 9.17) is 15.7 Å². The topological polar surface area (TPSA) is 88.5 Å². The molecule has 0 radical (unpaired) electrons. The van der Waals surface area contributed by atoms with E-state index in [1.54, 1.807) is 6.07 Å². The Bertz CT molecular complexity index is 1330. The summed E-state index contributed by atoms with van der Waals surface area (Å²) in [5.41, 5.74) is 11.2. The monoisotopic (exact) mass is 440 g/mol. The first-order valence-electron chi connectivity index (χ1n) is 11.3. The summed E-state index contributed by atoms with van der Waals surface area (Å²) in [6.07, 6.45) is 5.10. The van der Waals surface area contributed by atoms with E-state index in [1.165, 1.54) is 5.56 Å². The summed E-state index contributed by atoms with van der Waals surface area (Å²) in [7, 11) is 2.10. The van der Waals surface area contributed by atoms with Gasteiger partial charge in [0.15, 0.2) is 5.82 Å². The number of benzene rings is 1. The lowest BCUT2D eigenvalue weighted by Crippen LogP contribution is -2.20. The predicted octanol–water partition coefficient (Wildman–Crippen LogP) is 4.19. The summed E-state index contributed by atoms with van der Waals surface area (Å²) in [5.74, 6) is 2.03. The van der Waals surface area contributed by atoms with Gasteiger partial charge in [0.2, 0.25) is 0 Å². The van der Waals surface area contributed by atoms with Crippen LogP contribution < -0.4 is 16.0 Å². The van der Waals surface area contributed by atoms with Crippen LogP contribution >= 0.6 is 0 Å². The van der Waals surface area contributed by atoms with Crippen molar-refractivity contribution in [1.29, 1.82) is 0 Å². The van der Waals surface area contributed by atoms with Crippen molar-refractivity contribution < 1.29 is 4.79 Å². The molecule has 0 saturated carbocycles. The van der Waals surface area contributed by atoms with Crippen molar-refractivity contribution in [3.05, 3.63) is 77.1 Å². The van der Waals surface area contributed by atoms with Gasteiger partial charge in [0.05, 0.1) is 5.52 Å². The van der Waals surface area contributed by atoms with Crippen molar-refractivity contribution in [2.75, 3.05) is 23.8 Å². The van der Waals surface area contributed by atoms with Crippen LogP contribution in [0.15, 0.2) is 54.7 Å². The molecule has 1 amide bonds. The summed E-state index contributed by atoms with van der Waals surface area (Å²) >= 11 is 0. The highest BCUT2D eigenvalue weighted by atomic mass is 16.1. The fraction of sp³-hybridized carbons (Fsp3) is 0.269. The number of primary amides is 1. The van der Waals surface area contributed by atoms with Crippen LogP contribution in [0.5, 0.6) is 0 Å². The van der Waals surface area contributed by atoms with Gasteiger partial charge in [-0.05, 0) is 49.4 Å². The number of hydrogen-bond donors (Lipinski definition) is 2. The van der Waals surface area contributed by atoms with E-state index in [0.717, 1.165) is 59.7 Å². The molecule has 7 nitrogen and oxygen atoms in total. The zero-order valence-corrected chi connectivity index (χ0v) is 19.0. The third-order valence-corrected chi connectivity index (χ3v) is 6.30. The molecule has 0 bridgehead atoms. The number of pyridine rings is 1. The number of carbonyl (C=O) groups is 1. The number of rotatable bonds is 5. The second-order valence-electron chi connectivity index (χ2n) is 8.63. The highest BCUT2D eigenvalue weighted by molar-refractivity contribution is 5.94. The Morgan fingerprint density at radius 3 is 2.70 bits per heavy atom. The number of fused-ring (bicyclic) bond motifs is 2. The fourth-order valence-corrected chi connectivity index (χ4v) is 4.63. The number of nitrogens with one attached hydrogen (secondary N) is 1. The third kappa shape index (κ3) is 3.91. The molecule has 0 atom stereocenters. The maximum absolute atomic E-state index is 12.0. The second-order valence-corrected chi connectivity index (χ2v) is 8.63. The summed E-state index contributed by atoms with van der Waals surface area (Å²) in [6.45, 7) is 3.67. The number of nitrogens with zero attached hydrogens (tertiary/aromatic N) is 4. The largest absolute Gasteiger partial charge is 0.366 e. The van der Waals surface area contributed by atoms with Gasteiger partial charge in [0.25, 0.3) is 5.91 Å². The van der Waals surface area contributed by atoms with Gasteiger partial charge in [-0.1, -0.05) is 36.4 Å². The Morgan fingerprint density at radius 2 is 1.91 bits per heavy atom. The van der Waals surface area contributed by atoms with E-state index >= 15 is 0 Å². The molecule has 1 aliphatic rings. The summed E-state index contributed by atoms with van der Waals surface area (Å²) in [4.78, 5) is 24.3. The average Bonchev–Trinajstić information content (AvgIpc) is 3.04. The van der Waals surface area contributed by atoms with Crippen LogP contribution in [0.1, 0.15) is 40.0 Å². The van der Waals surface area contributed by atoms with Gasteiger partial charge in [0.1, 0.15) is 17.3 Å². The summed E-state index contributed by atoms with van der Waals surface area (Å²) < 4.78 is 1.84. The highest BCUT2D eigenvalue weighted by Gasteiger charge is 2.23. The molecule has 5 rings (SSSR count). The van der Waals surface area contributed by atoms with Gasteiger partial charge in [-0.2, -0.15) is 0 Å². The standard InChI is InChI=1S/C26H28N6O/c1-17-16-32-20(12-8-13-21(32)23(27)33)22(17)25-29-24(28-15-18-9-4-3-5-10-18)19-11-6-7-14-31(2)26(19)30-25/h3-5,8-10,12-13,16H,6-7,11,14-15H2,1-2H3,(H2,27,33)(H,28,29,30). The molecule has 168 valence electrons. The van der Waals surface area contributed by atoms with Crippen LogP contribution in [0.3, 0.4) is 0 Å². The van der Waals surface area contributed by atoms with E-state index in [1.807, 2.05) is 47.9 Å². The zero-order chi connectivity index (χ0) is 22.9. The lowest BCUT2D eigenvalue weighted by atomic mass is 10.1. The Morgan fingerprint density at radius 1 is 1.09 bits per heavy atom. The number of amides is 1. The molecule has 0 aliphatic carbocycles. The Labute approximate surface area is 193 Å². The highest BCUT2D eigenvalue weighted by Crippen LogP contribution is 2.35. The van der Waals surface area contributed by atoms with Crippen molar-refractivity contribution in [3.63, 3.8) is 0 Å². The Balaban J connectivity index is 1.66. The Hall–Kier alpha value is -3.87. The minimum atomic E-state index is -0.463. The summed E-state index contributed by atoms with van der Waals surface area (Å²) in [5, 5.41) is 3.58. The van der Waals surface area contributed by atoms with Gasteiger partial charge in [-0.15, -0.1) is 0 Å². The van der Waals surface area contributed by atoms with Crippen LogP contribution in [0, 0.1) is 6.92 Å². The first-order chi connectivity index (χ1) is 16.0. The lowest BCUT2D eigenvalue weighted by Gasteiger charge is -2.21. The van der Waals surface area contributed by atoms with E-state index in [-0.39, 0.29) is 0 Å². The van der Waals surface area contributed by atoms with Crippen LogP contribution in [0.2, 0.25) is 0 Å². The molecular formula is C26H28N6O. The molecule has 4 aromatic rings. The second kappa shape index (κ2) is 8.58. The van der Waals surface area contributed by atoms with Gasteiger partial charge in [0, 0.05) is 37.5 Å². The van der Waals surface area contributed by atoms with Gasteiger partial charge >= 0.3 is 0 Å². The molecule has 7 heteroatoms. The predicted molar refractivity (Wildman–Crippen MR) is 132 cm³/mol. The molecular weight excluding hydrogens is 412 g/mol. The molecule has 4 heterocycles. The number of hydrogen-bond acceptors (Lipinski definition) is 5. The number of nitrogens with two attached hydrogens (primary N) is 1. The lowest BCUT2D eigenvalue weighted by molar-refractivity contribution is 0.0994. The normalized spacial score (nSPS) is 13.6. The fourth-order valence-electron chi connectivity index (χ4n) is 4.63. The SMILES string of the molecule is Cc1cn2c(C(N)=O)cccc2c1-c1nc(NCc2ccccc2)c2c(n1)N(C)CCCC2. The van der Waals surface area contributed by atoms with Crippen LogP contribution in [0.25, 0.3) is 16.9 Å². The van der Waals surface area contributed by atoms with Crippen LogP contribution in [-0.2, 0) is 13.0 Å². The number of carbonyl (C=O) groups excluding carboxylic acids is 1. The van der Waals surface area contributed by atoms with Crippen LogP contribution in [0.4, 0.5) is 11.6 Å². The van der Waals surface area contributed by atoms with E-state index in [9.17, 15) is 4.79 Å². The van der Waals surface area contributed by atoms with Crippen molar-refractivity contribution in [2.45, 2.75) is 32.7 Å². The first-order valence-corrected chi connectivity index (χ1v) is 11.3. The molecule has 0 unspecified atom stereocenters. The molecule has 33 heavy (non-hydrogen) atoms. The van der Waals surface area contributed by atoms with Crippen LogP contribution in [-0.4, -0.2) is 33.9 Å². The van der Waals surface area contributed by atoms with Crippen molar-refractivity contribution in [3.8, 4) is 11.4 Å². The molecule has 1 aliphatic heterocycles. The van der Waals surface area contributed by atoms with E-state index in [0.29, 0.717) is 18.1 Å². The third-order valence-electron chi connectivity index (χ3n) is 6.30. The smallest absolute Gasteiger partial charge is 0.265 e. The molecule has 3 aromatic heterocycles. The molecule has 0 fully saturated rings. The minimum absolute atomic E-state index is 0.441. The van der Waals surface area contributed by atoms with E-state index < -0.39 is 5.91 Å². The van der Waals surface area contributed by atoms with Gasteiger partial charge in [-0.3, -0.25) is 4.79 Å². The number of aromatic nitrogens is 3. The zero-order valence-electron chi connectivity index (χ0n) is 19.0. The van der Waals surface area contributed by atoms with Gasteiger partial charge < -0.3 is 20.4 Å². The number of aryl methyl sites for hydroxylation is 1. The summed E-state index contributed by atoms with van der Waals surface area (Å²) in [6, 6.07) is 15.9. The van der Waals surface area contributed by atoms with E-state index in [2.05, 4.69) is 29.4 Å². The molecule has 1 aromatic carbocycles. The maximum Gasteiger partial charge on any atom is 0.265 e. The maximum atomic E-state index is 12.0.